The summed E-state index contributed by atoms with van der Waals surface area (Å²) < 4.78 is 0. The molecular formula is C15H19N3O2. The topological polar surface area (TPSA) is 82.0 Å². The van der Waals surface area contributed by atoms with Crippen LogP contribution in [0, 0.1) is 11.3 Å². The van der Waals surface area contributed by atoms with E-state index in [2.05, 4.69) is 10.6 Å². The van der Waals surface area contributed by atoms with Crippen molar-refractivity contribution >= 4 is 11.8 Å². The number of carbonyl (C=O) groups is 2. The average Bonchev–Trinajstić information content (AvgIpc) is 2.38. The Morgan fingerprint density at radius 3 is 2.40 bits per heavy atom. The highest BCUT2D eigenvalue weighted by Gasteiger charge is 2.06. The van der Waals surface area contributed by atoms with E-state index in [9.17, 15) is 9.59 Å². The fourth-order valence-corrected chi connectivity index (χ4v) is 1.65. The Morgan fingerprint density at radius 1 is 1.20 bits per heavy atom. The number of nitrogens with zero attached hydrogens (tertiary/aromatic N) is 1. The van der Waals surface area contributed by atoms with Crippen molar-refractivity contribution in [2.24, 2.45) is 0 Å². The van der Waals surface area contributed by atoms with Crippen molar-refractivity contribution in [3.8, 4) is 6.07 Å². The first-order chi connectivity index (χ1) is 9.51. The molecule has 1 aromatic rings. The third-order valence-electron chi connectivity index (χ3n) is 2.57. The highest BCUT2D eigenvalue weighted by molar-refractivity contribution is 5.80. The predicted molar refractivity (Wildman–Crippen MR) is 75.8 cm³/mol. The van der Waals surface area contributed by atoms with Gasteiger partial charge in [-0.25, -0.2) is 0 Å². The molecule has 1 rings (SSSR count). The van der Waals surface area contributed by atoms with E-state index in [0.29, 0.717) is 12.1 Å². The van der Waals surface area contributed by atoms with Crippen LogP contribution in [0.3, 0.4) is 0 Å². The number of nitriles is 1. The molecule has 1 aromatic carbocycles. The van der Waals surface area contributed by atoms with E-state index in [1.54, 1.807) is 24.3 Å². The van der Waals surface area contributed by atoms with E-state index in [4.69, 9.17) is 5.26 Å². The van der Waals surface area contributed by atoms with Crippen LogP contribution in [-0.4, -0.2) is 24.4 Å². The first-order valence-electron chi connectivity index (χ1n) is 6.56. The number of rotatable bonds is 6. The summed E-state index contributed by atoms with van der Waals surface area (Å²) >= 11 is 0. The van der Waals surface area contributed by atoms with Crippen molar-refractivity contribution in [1.82, 2.24) is 10.6 Å². The van der Waals surface area contributed by atoms with Crippen molar-refractivity contribution < 1.29 is 9.59 Å². The molecule has 0 heterocycles. The molecule has 0 spiro atoms. The normalized spacial score (nSPS) is 9.90. The zero-order valence-corrected chi connectivity index (χ0v) is 11.8. The first-order valence-corrected chi connectivity index (χ1v) is 6.56. The molecule has 0 radical (unpaired) electrons. The molecule has 0 unspecified atom stereocenters. The number of nitrogens with one attached hydrogen (secondary N) is 2. The molecule has 2 amide bonds. The van der Waals surface area contributed by atoms with Gasteiger partial charge in [-0.15, -0.1) is 0 Å². The van der Waals surface area contributed by atoms with Crippen LogP contribution in [0.15, 0.2) is 24.3 Å². The van der Waals surface area contributed by atoms with E-state index in [1.165, 1.54) is 0 Å². The number of amides is 2. The summed E-state index contributed by atoms with van der Waals surface area (Å²) in [6.45, 7) is 4.11. The molecule has 0 saturated carbocycles. The molecule has 0 aliphatic carbocycles. The first kappa shape index (κ1) is 15.7. The molecule has 0 bridgehead atoms. The Kier molecular flexibility index (Phi) is 6.24. The molecule has 0 atom stereocenters. The van der Waals surface area contributed by atoms with E-state index in [0.717, 1.165) is 5.56 Å². The van der Waals surface area contributed by atoms with E-state index < -0.39 is 0 Å². The predicted octanol–water partition coefficient (Wildman–Crippen LogP) is 1.13. The summed E-state index contributed by atoms with van der Waals surface area (Å²) in [6.07, 6.45) is 0.523. The second-order valence-corrected chi connectivity index (χ2v) is 4.81. The number of hydrogen-bond acceptors (Lipinski definition) is 3. The summed E-state index contributed by atoms with van der Waals surface area (Å²) in [6, 6.07) is 9.00. The Labute approximate surface area is 119 Å². The van der Waals surface area contributed by atoms with Crippen LogP contribution in [0.5, 0.6) is 0 Å². The van der Waals surface area contributed by atoms with Gasteiger partial charge in [-0.2, -0.15) is 5.26 Å². The van der Waals surface area contributed by atoms with Gasteiger partial charge in [0.2, 0.25) is 11.8 Å². The minimum Gasteiger partial charge on any atom is -0.355 e. The van der Waals surface area contributed by atoms with Gasteiger partial charge in [-0.1, -0.05) is 12.1 Å². The largest absolute Gasteiger partial charge is 0.355 e. The zero-order chi connectivity index (χ0) is 15.0. The summed E-state index contributed by atoms with van der Waals surface area (Å²) in [5.74, 6) is -0.203. The van der Waals surface area contributed by atoms with Crippen molar-refractivity contribution in [2.75, 3.05) is 6.54 Å². The van der Waals surface area contributed by atoms with Gasteiger partial charge >= 0.3 is 0 Å². The van der Waals surface area contributed by atoms with Gasteiger partial charge in [-0.05, 0) is 31.5 Å². The average molecular weight is 273 g/mol. The van der Waals surface area contributed by atoms with Gasteiger partial charge in [0.05, 0.1) is 18.1 Å². The summed E-state index contributed by atoms with van der Waals surface area (Å²) in [7, 11) is 0. The molecular weight excluding hydrogens is 254 g/mol. The molecule has 5 heteroatoms. The Morgan fingerprint density at radius 2 is 1.85 bits per heavy atom. The Hall–Kier alpha value is -2.35. The Balaban J connectivity index is 2.29. The van der Waals surface area contributed by atoms with Crippen molar-refractivity contribution in [2.45, 2.75) is 32.7 Å². The third kappa shape index (κ3) is 6.01. The molecule has 106 valence electrons. The smallest absolute Gasteiger partial charge is 0.224 e. The fraction of sp³-hybridized carbons (Fsp3) is 0.400. The third-order valence-corrected chi connectivity index (χ3v) is 2.57. The molecule has 5 nitrogen and oxygen atoms in total. The lowest BCUT2D eigenvalue weighted by atomic mass is 10.1. The monoisotopic (exact) mass is 273 g/mol. The standard InChI is InChI=1S/C15H19N3O2/c1-11(2)18-14(19)7-8-17-15(20)9-12-3-5-13(10-16)6-4-12/h3-6,11H,7-9H2,1-2H3,(H,17,20)(H,18,19). The van der Waals surface area contributed by atoms with Gasteiger partial charge in [0.1, 0.15) is 0 Å². The molecule has 0 aliphatic heterocycles. The van der Waals surface area contributed by atoms with Gasteiger partial charge in [0.25, 0.3) is 0 Å². The van der Waals surface area contributed by atoms with Crippen LogP contribution < -0.4 is 10.6 Å². The van der Waals surface area contributed by atoms with Gasteiger partial charge < -0.3 is 10.6 Å². The summed E-state index contributed by atoms with van der Waals surface area (Å²) in [5, 5.41) is 14.1. The quantitative estimate of drug-likeness (QED) is 0.815. The lowest BCUT2D eigenvalue weighted by molar-refractivity contribution is -0.122. The maximum Gasteiger partial charge on any atom is 0.224 e. The zero-order valence-electron chi connectivity index (χ0n) is 11.8. The van der Waals surface area contributed by atoms with E-state index in [-0.39, 0.29) is 30.7 Å². The van der Waals surface area contributed by atoms with Crippen LogP contribution in [0.1, 0.15) is 31.4 Å². The summed E-state index contributed by atoms with van der Waals surface area (Å²) in [4.78, 5) is 23.0. The minimum absolute atomic E-state index is 0.0707. The number of hydrogen-bond donors (Lipinski definition) is 2. The highest BCUT2D eigenvalue weighted by Crippen LogP contribution is 2.03. The van der Waals surface area contributed by atoms with Crippen LogP contribution in [0.2, 0.25) is 0 Å². The fourth-order valence-electron chi connectivity index (χ4n) is 1.65. The molecule has 2 N–H and O–H groups in total. The number of carbonyl (C=O) groups excluding carboxylic acids is 2. The van der Waals surface area contributed by atoms with Crippen LogP contribution >= 0.6 is 0 Å². The van der Waals surface area contributed by atoms with Crippen LogP contribution in [-0.2, 0) is 16.0 Å². The van der Waals surface area contributed by atoms with E-state index >= 15 is 0 Å². The molecule has 20 heavy (non-hydrogen) atoms. The second-order valence-electron chi connectivity index (χ2n) is 4.81. The maximum atomic E-state index is 11.7. The lowest BCUT2D eigenvalue weighted by Crippen LogP contribution is -2.34. The number of benzene rings is 1. The molecule has 0 aromatic heterocycles. The second kappa shape index (κ2) is 7.95. The van der Waals surface area contributed by atoms with Gasteiger partial charge in [0.15, 0.2) is 0 Å². The maximum absolute atomic E-state index is 11.7. The Bertz CT molecular complexity index is 501. The van der Waals surface area contributed by atoms with Crippen molar-refractivity contribution in [3.05, 3.63) is 35.4 Å². The lowest BCUT2D eigenvalue weighted by Gasteiger charge is -2.09. The van der Waals surface area contributed by atoms with Crippen molar-refractivity contribution in [3.63, 3.8) is 0 Å². The minimum atomic E-state index is -0.132. The highest BCUT2D eigenvalue weighted by atomic mass is 16.2. The van der Waals surface area contributed by atoms with Crippen LogP contribution in [0.25, 0.3) is 0 Å². The molecule has 0 fully saturated rings. The molecule has 0 saturated heterocycles. The summed E-state index contributed by atoms with van der Waals surface area (Å²) in [5.41, 5.74) is 1.41. The SMILES string of the molecule is CC(C)NC(=O)CCNC(=O)Cc1ccc(C#N)cc1. The van der Waals surface area contributed by atoms with Gasteiger partial charge in [-0.3, -0.25) is 9.59 Å². The van der Waals surface area contributed by atoms with Gasteiger partial charge in [0, 0.05) is 19.0 Å². The molecule has 0 aliphatic rings. The van der Waals surface area contributed by atoms with Crippen LogP contribution in [0.4, 0.5) is 0 Å². The van der Waals surface area contributed by atoms with E-state index in [1.807, 2.05) is 19.9 Å². The van der Waals surface area contributed by atoms with Crippen molar-refractivity contribution in [1.29, 1.82) is 5.26 Å².